The number of halogens is 1. The molecule has 4 nitrogen and oxygen atoms in total. The van der Waals surface area contributed by atoms with Crippen LogP contribution in [-0.4, -0.2) is 43.6 Å². The number of hydrogen-bond donors (Lipinski definition) is 2. The summed E-state index contributed by atoms with van der Waals surface area (Å²) in [6, 6.07) is 10.8. The molecular formula is C17H27IN4. The molecule has 122 valence electrons. The van der Waals surface area contributed by atoms with Gasteiger partial charge in [-0.3, -0.25) is 9.89 Å². The first-order valence-electron chi connectivity index (χ1n) is 8.18. The second kappa shape index (κ2) is 9.35. The Morgan fingerprint density at radius 2 is 1.95 bits per heavy atom. The predicted molar refractivity (Wildman–Crippen MR) is 103 cm³/mol. The van der Waals surface area contributed by atoms with Gasteiger partial charge in [0.1, 0.15) is 0 Å². The quantitative estimate of drug-likeness (QED) is 0.744. The lowest BCUT2D eigenvalue weighted by Gasteiger charge is -2.32. The fourth-order valence-corrected chi connectivity index (χ4v) is 3.08. The second-order valence-electron chi connectivity index (χ2n) is 6.10. The average molecular weight is 414 g/mol. The van der Waals surface area contributed by atoms with Crippen molar-refractivity contribution in [3.8, 4) is 0 Å². The maximum atomic E-state index is 4.47. The Morgan fingerprint density at radius 3 is 2.64 bits per heavy atom. The third-order valence-corrected chi connectivity index (χ3v) is 4.41. The van der Waals surface area contributed by atoms with Gasteiger partial charge in [-0.05, 0) is 43.8 Å². The molecule has 0 bridgehead atoms. The van der Waals surface area contributed by atoms with Crippen molar-refractivity contribution >= 4 is 29.9 Å². The number of nitrogens with zero attached hydrogens (tertiary/aromatic N) is 2. The van der Waals surface area contributed by atoms with Crippen LogP contribution < -0.4 is 10.6 Å². The minimum atomic E-state index is 0. The molecule has 0 aromatic heterocycles. The van der Waals surface area contributed by atoms with Gasteiger partial charge in [0.2, 0.25) is 0 Å². The molecule has 0 atom stereocenters. The van der Waals surface area contributed by atoms with Crippen LogP contribution in [0.3, 0.4) is 0 Å². The lowest BCUT2D eigenvalue weighted by atomic mass is 9.96. The summed E-state index contributed by atoms with van der Waals surface area (Å²) >= 11 is 0. The monoisotopic (exact) mass is 414 g/mol. The van der Waals surface area contributed by atoms with E-state index in [-0.39, 0.29) is 24.0 Å². The van der Waals surface area contributed by atoms with Crippen LogP contribution in [-0.2, 0) is 6.54 Å². The highest BCUT2D eigenvalue weighted by Gasteiger charge is 2.19. The van der Waals surface area contributed by atoms with Crippen molar-refractivity contribution in [2.24, 2.45) is 10.9 Å². The van der Waals surface area contributed by atoms with Crippen molar-refractivity contribution in [2.45, 2.75) is 25.8 Å². The Morgan fingerprint density at radius 1 is 1.18 bits per heavy atom. The molecule has 0 radical (unpaired) electrons. The maximum Gasteiger partial charge on any atom is 0.191 e. The summed E-state index contributed by atoms with van der Waals surface area (Å²) in [5.74, 6) is 1.79. The number of nitrogens with one attached hydrogen (secondary N) is 2. The summed E-state index contributed by atoms with van der Waals surface area (Å²) < 4.78 is 0. The average Bonchev–Trinajstić information content (AvgIpc) is 2.56. The molecule has 1 aromatic carbocycles. The van der Waals surface area contributed by atoms with Gasteiger partial charge in [-0.1, -0.05) is 30.3 Å². The standard InChI is InChI=1S/C17H26N4.HI/c1-2-5-16(6-3-1)14-21-11-7-15(8-12-21)13-20-17-18-9-4-10-19-17;/h1-3,5-6,15H,4,7-14H2,(H2,18,19,20);1H. The molecule has 0 amide bonds. The largest absolute Gasteiger partial charge is 0.356 e. The van der Waals surface area contributed by atoms with Crippen LogP contribution in [0.5, 0.6) is 0 Å². The van der Waals surface area contributed by atoms with Gasteiger partial charge in [-0.15, -0.1) is 24.0 Å². The van der Waals surface area contributed by atoms with E-state index in [1.807, 2.05) is 0 Å². The second-order valence-corrected chi connectivity index (χ2v) is 6.10. The topological polar surface area (TPSA) is 39.7 Å². The lowest BCUT2D eigenvalue weighted by molar-refractivity contribution is 0.178. The van der Waals surface area contributed by atoms with Crippen LogP contribution in [0.2, 0.25) is 0 Å². The van der Waals surface area contributed by atoms with Gasteiger partial charge >= 0.3 is 0 Å². The van der Waals surface area contributed by atoms with Crippen molar-refractivity contribution in [1.82, 2.24) is 15.5 Å². The van der Waals surface area contributed by atoms with E-state index in [0.717, 1.165) is 44.5 Å². The molecular weight excluding hydrogens is 387 g/mol. The van der Waals surface area contributed by atoms with E-state index < -0.39 is 0 Å². The van der Waals surface area contributed by atoms with Crippen LogP contribution in [0.4, 0.5) is 0 Å². The SMILES string of the molecule is I.c1ccc(CN2CCC(CNC3=NCCCN3)CC2)cc1. The minimum absolute atomic E-state index is 0. The Bertz CT molecular complexity index is 455. The van der Waals surface area contributed by atoms with Crippen LogP contribution in [0.25, 0.3) is 0 Å². The van der Waals surface area contributed by atoms with E-state index in [1.54, 1.807) is 0 Å². The number of guanidine groups is 1. The number of rotatable bonds is 4. The smallest absolute Gasteiger partial charge is 0.191 e. The first kappa shape index (κ1) is 17.5. The van der Waals surface area contributed by atoms with Crippen molar-refractivity contribution in [1.29, 1.82) is 0 Å². The first-order valence-corrected chi connectivity index (χ1v) is 8.18. The normalized spacial score (nSPS) is 19.7. The van der Waals surface area contributed by atoms with Gasteiger partial charge in [-0.2, -0.15) is 0 Å². The summed E-state index contributed by atoms with van der Waals surface area (Å²) in [6.45, 7) is 6.59. The fourth-order valence-electron chi connectivity index (χ4n) is 3.08. The lowest BCUT2D eigenvalue weighted by Crippen LogP contribution is -2.44. The van der Waals surface area contributed by atoms with Gasteiger partial charge in [0.05, 0.1) is 0 Å². The summed E-state index contributed by atoms with van der Waals surface area (Å²) in [5, 5.41) is 6.80. The van der Waals surface area contributed by atoms with Crippen LogP contribution in [0.1, 0.15) is 24.8 Å². The van der Waals surface area contributed by atoms with Gasteiger partial charge in [0, 0.05) is 26.2 Å². The van der Waals surface area contributed by atoms with E-state index >= 15 is 0 Å². The first-order chi connectivity index (χ1) is 10.4. The van der Waals surface area contributed by atoms with Gasteiger partial charge in [0.25, 0.3) is 0 Å². The number of benzene rings is 1. The fraction of sp³-hybridized carbons (Fsp3) is 0.588. The third kappa shape index (κ3) is 5.43. The Hall–Kier alpha value is -0.820. The number of hydrogen-bond acceptors (Lipinski definition) is 4. The molecule has 1 fully saturated rings. The molecule has 0 spiro atoms. The summed E-state index contributed by atoms with van der Waals surface area (Å²) in [6.07, 6.45) is 3.73. The third-order valence-electron chi connectivity index (χ3n) is 4.41. The van der Waals surface area contributed by atoms with Gasteiger partial charge in [-0.25, -0.2) is 0 Å². The predicted octanol–water partition coefficient (Wildman–Crippen LogP) is 2.46. The molecule has 3 rings (SSSR count). The molecule has 2 N–H and O–H groups in total. The summed E-state index contributed by atoms with van der Waals surface area (Å²) in [5.41, 5.74) is 1.43. The maximum absolute atomic E-state index is 4.47. The van der Waals surface area contributed by atoms with E-state index in [4.69, 9.17) is 0 Å². The minimum Gasteiger partial charge on any atom is -0.356 e. The molecule has 0 aliphatic carbocycles. The van der Waals surface area contributed by atoms with Gasteiger partial charge < -0.3 is 10.6 Å². The molecule has 5 heteroatoms. The molecule has 2 aliphatic heterocycles. The molecule has 1 aromatic rings. The van der Waals surface area contributed by atoms with E-state index in [2.05, 4.69) is 50.9 Å². The zero-order valence-electron chi connectivity index (χ0n) is 13.1. The van der Waals surface area contributed by atoms with Crippen molar-refractivity contribution < 1.29 is 0 Å². The zero-order chi connectivity index (χ0) is 14.3. The highest BCUT2D eigenvalue weighted by molar-refractivity contribution is 14.0. The van der Waals surface area contributed by atoms with E-state index in [9.17, 15) is 0 Å². The number of aliphatic imine (C=N–C) groups is 1. The highest BCUT2D eigenvalue weighted by atomic mass is 127. The van der Waals surface area contributed by atoms with Crippen LogP contribution in [0.15, 0.2) is 35.3 Å². The Labute approximate surface area is 150 Å². The van der Waals surface area contributed by atoms with Crippen LogP contribution in [0, 0.1) is 5.92 Å². The molecule has 2 heterocycles. The van der Waals surface area contributed by atoms with Crippen molar-refractivity contribution in [3.63, 3.8) is 0 Å². The number of likely N-dealkylation sites (tertiary alicyclic amines) is 1. The number of piperidine rings is 1. The van der Waals surface area contributed by atoms with E-state index in [1.165, 1.54) is 31.5 Å². The zero-order valence-corrected chi connectivity index (χ0v) is 15.5. The Kier molecular flexibility index (Phi) is 7.45. The van der Waals surface area contributed by atoms with Crippen molar-refractivity contribution in [3.05, 3.63) is 35.9 Å². The van der Waals surface area contributed by atoms with Crippen molar-refractivity contribution in [2.75, 3.05) is 32.7 Å². The molecule has 0 saturated carbocycles. The molecule has 22 heavy (non-hydrogen) atoms. The highest BCUT2D eigenvalue weighted by Crippen LogP contribution is 2.18. The summed E-state index contributed by atoms with van der Waals surface area (Å²) in [4.78, 5) is 7.04. The summed E-state index contributed by atoms with van der Waals surface area (Å²) in [7, 11) is 0. The Balaban J connectivity index is 0.00000176. The molecule has 1 saturated heterocycles. The van der Waals surface area contributed by atoms with Gasteiger partial charge in [0.15, 0.2) is 5.96 Å². The van der Waals surface area contributed by atoms with E-state index in [0.29, 0.717) is 0 Å². The molecule has 2 aliphatic rings. The molecule has 0 unspecified atom stereocenters. The van der Waals surface area contributed by atoms with Crippen LogP contribution >= 0.6 is 24.0 Å².